The number of nitrogens with zero attached hydrogens (tertiary/aromatic N) is 1. The molecule has 2 rings (SSSR count). The lowest BCUT2D eigenvalue weighted by molar-refractivity contribution is 0.138. The number of cyclic esters (lactones) is 1. The fourth-order valence-electron chi connectivity index (χ4n) is 1.65. The van der Waals surface area contributed by atoms with Crippen LogP contribution in [0.25, 0.3) is 0 Å². The van der Waals surface area contributed by atoms with Crippen LogP contribution in [0.4, 0.5) is 4.79 Å². The average molecular weight is 303 g/mol. The number of allylic oxidation sites excluding steroid dienone is 4. The van der Waals surface area contributed by atoms with E-state index in [1.165, 1.54) is 0 Å². The minimum Gasteiger partial charge on any atom is -0.443 e. The Morgan fingerprint density at radius 1 is 1.62 bits per heavy atom. The number of hydrogen-bond acceptors (Lipinski definition) is 4. The van der Waals surface area contributed by atoms with E-state index in [-0.39, 0.29) is 12.2 Å². The minimum absolute atomic E-state index is 0.231. The summed E-state index contributed by atoms with van der Waals surface area (Å²) in [5.74, 6) is 0. The molecule has 0 aromatic heterocycles. The number of nitrogens with two attached hydrogens (primary N) is 1. The van der Waals surface area contributed by atoms with Crippen LogP contribution in [0.15, 0.2) is 22.3 Å². The first-order valence-corrected chi connectivity index (χ1v) is 6.09. The van der Waals surface area contributed by atoms with Crippen molar-refractivity contribution >= 4 is 39.1 Å². The highest BCUT2D eigenvalue weighted by Crippen LogP contribution is 2.26. The van der Waals surface area contributed by atoms with Crippen molar-refractivity contribution < 1.29 is 9.53 Å². The van der Waals surface area contributed by atoms with Gasteiger partial charge < -0.3 is 10.5 Å². The molecule has 0 bridgehead atoms. The second kappa shape index (κ2) is 4.65. The van der Waals surface area contributed by atoms with Gasteiger partial charge >= 0.3 is 6.09 Å². The number of thiocarbonyl (C=S) groups is 1. The molecule has 0 spiro atoms. The van der Waals surface area contributed by atoms with Gasteiger partial charge in [0.05, 0.1) is 12.2 Å². The molecule has 0 aromatic carbocycles. The summed E-state index contributed by atoms with van der Waals surface area (Å²) in [5, 5.41) is 0. The second-order valence-electron chi connectivity index (χ2n) is 3.62. The van der Waals surface area contributed by atoms with Gasteiger partial charge in [-0.1, -0.05) is 28.1 Å². The van der Waals surface area contributed by atoms with Crippen molar-refractivity contribution in [3.05, 3.63) is 22.3 Å². The quantitative estimate of drug-likeness (QED) is 0.789. The predicted molar refractivity (Wildman–Crippen MR) is 68.3 cm³/mol. The number of halogens is 1. The zero-order valence-electron chi connectivity index (χ0n) is 8.48. The Bertz CT molecular complexity index is 406. The number of rotatable bonds is 2. The van der Waals surface area contributed by atoms with Crippen molar-refractivity contribution in [2.75, 3.05) is 13.1 Å². The SMILES string of the molecule is NC[C@@H]1CN(C2=CC=C(Br)CC2=S)C(=O)O1. The van der Waals surface area contributed by atoms with Gasteiger partial charge in [-0.15, -0.1) is 0 Å². The molecule has 1 amide bonds. The monoisotopic (exact) mass is 302 g/mol. The third-order valence-corrected chi connectivity index (χ3v) is 3.36. The molecular formula is C10H11BrN2O2S. The van der Waals surface area contributed by atoms with Crippen LogP contribution in [0.3, 0.4) is 0 Å². The third kappa shape index (κ3) is 2.18. The summed E-state index contributed by atoms with van der Waals surface area (Å²) in [6, 6.07) is 0. The van der Waals surface area contributed by atoms with Gasteiger partial charge in [-0.25, -0.2) is 4.79 Å². The summed E-state index contributed by atoms with van der Waals surface area (Å²) in [7, 11) is 0. The highest BCUT2D eigenvalue weighted by atomic mass is 79.9. The number of ether oxygens (including phenoxy) is 1. The smallest absolute Gasteiger partial charge is 0.414 e. The molecule has 6 heteroatoms. The molecule has 1 fully saturated rings. The van der Waals surface area contributed by atoms with Crippen LogP contribution >= 0.6 is 28.1 Å². The van der Waals surface area contributed by atoms with Gasteiger partial charge in [0, 0.05) is 22.3 Å². The van der Waals surface area contributed by atoms with E-state index in [2.05, 4.69) is 15.9 Å². The molecule has 0 unspecified atom stereocenters. The van der Waals surface area contributed by atoms with Gasteiger partial charge in [0.15, 0.2) is 0 Å². The van der Waals surface area contributed by atoms with E-state index in [0.717, 1.165) is 15.0 Å². The van der Waals surface area contributed by atoms with Gasteiger partial charge in [-0.05, 0) is 12.2 Å². The third-order valence-electron chi connectivity index (χ3n) is 2.46. The first-order valence-electron chi connectivity index (χ1n) is 4.89. The molecule has 0 aromatic rings. The molecule has 86 valence electrons. The van der Waals surface area contributed by atoms with Gasteiger partial charge in [0.1, 0.15) is 6.10 Å². The topological polar surface area (TPSA) is 55.6 Å². The molecule has 0 radical (unpaired) electrons. The van der Waals surface area contributed by atoms with Gasteiger partial charge in [-0.2, -0.15) is 0 Å². The molecular weight excluding hydrogens is 292 g/mol. The van der Waals surface area contributed by atoms with Crippen LogP contribution in [0, 0.1) is 0 Å². The zero-order valence-corrected chi connectivity index (χ0v) is 10.9. The van der Waals surface area contributed by atoms with E-state index in [1.54, 1.807) is 4.90 Å². The Balaban J connectivity index is 2.20. The minimum atomic E-state index is -0.365. The average Bonchev–Trinajstić information content (AvgIpc) is 2.60. The molecule has 2 N–H and O–H groups in total. The molecule has 1 aliphatic heterocycles. The number of carbonyl (C=O) groups is 1. The molecule has 1 aliphatic carbocycles. The summed E-state index contributed by atoms with van der Waals surface area (Å²) in [6.45, 7) is 0.814. The van der Waals surface area contributed by atoms with Crippen LogP contribution in [-0.2, 0) is 4.74 Å². The molecule has 4 nitrogen and oxygen atoms in total. The Kier molecular flexibility index (Phi) is 3.41. The maximum absolute atomic E-state index is 11.6. The fourth-order valence-corrected chi connectivity index (χ4v) is 2.58. The Morgan fingerprint density at radius 3 is 2.94 bits per heavy atom. The Hall–Kier alpha value is -0.720. The van der Waals surface area contributed by atoms with Crippen LogP contribution in [-0.4, -0.2) is 35.1 Å². The normalized spacial score (nSPS) is 25.4. The van der Waals surface area contributed by atoms with E-state index in [9.17, 15) is 4.79 Å². The van der Waals surface area contributed by atoms with E-state index >= 15 is 0 Å². The summed E-state index contributed by atoms with van der Waals surface area (Å²) in [4.78, 5) is 13.9. The summed E-state index contributed by atoms with van der Waals surface area (Å²) in [6.07, 6.45) is 3.78. The van der Waals surface area contributed by atoms with E-state index in [4.69, 9.17) is 22.7 Å². The van der Waals surface area contributed by atoms with E-state index in [0.29, 0.717) is 19.5 Å². The van der Waals surface area contributed by atoms with Crippen molar-refractivity contribution in [3.8, 4) is 0 Å². The second-order valence-corrected chi connectivity index (χ2v) is 5.13. The lowest BCUT2D eigenvalue weighted by atomic mass is 10.1. The predicted octanol–water partition coefficient (Wildman–Crippen LogP) is 1.70. The summed E-state index contributed by atoms with van der Waals surface area (Å²) >= 11 is 8.63. The standard InChI is InChI=1S/C10H11BrN2O2S/c11-6-1-2-8(9(16)3-6)13-5-7(4-12)15-10(13)14/h1-2,7H,3-5,12H2/t7-/m1/s1. The van der Waals surface area contributed by atoms with Crippen molar-refractivity contribution in [2.24, 2.45) is 5.73 Å². The maximum atomic E-state index is 11.6. The van der Waals surface area contributed by atoms with Crippen LogP contribution in [0.5, 0.6) is 0 Å². The summed E-state index contributed by atoms with van der Waals surface area (Å²) < 4.78 is 6.10. The van der Waals surface area contributed by atoms with Gasteiger partial charge in [0.2, 0.25) is 0 Å². The molecule has 0 saturated carbocycles. The highest BCUT2D eigenvalue weighted by Gasteiger charge is 2.34. The highest BCUT2D eigenvalue weighted by molar-refractivity contribution is 9.11. The van der Waals surface area contributed by atoms with Crippen molar-refractivity contribution in [3.63, 3.8) is 0 Å². The lowest BCUT2D eigenvalue weighted by Crippen LogP contribution is -2.30. The van der Waals surface area contributed by atoms with Gasteiger partial charge in [-0.3, -0.25) is 4.90 Å². The summed E-state index contributed by atoms with van der Waals surface area (Å²) in [5.41, 5.74) is 6.22. The fraction of sp³-hybridized carbons (Fsp3) is 0.400. The molecule has 16 heavy (non-hydrogen) atoms. The molecule has 2 aliphatic rings. The largest absolute Gasteiger partial charge is 0.443 e. The first kappa shape index (κ1) is 11.8. The molecule has 1 atom stereocenters. The number of amides is 1. The first-order chi connectivity index (χ1) is 7.61. The van der Waals surface area contributed by atoms with Crippen LogP contribution in [0.1, 0.15) is 6.42 Å². The maximum Gasteiger partial charge on any atom is 0.414 e. The van der Waals surface area contributed by atoms with Crippen LogP contribution < -0.4 is 5.73 Å². The van der Waals surface area contributed by atoms with Gasteiger partial charge in [0.25, 0.3) is 0 Å². The molecule has 1 saturated heterocycles. The van der Waals surface area contributed by atoms with Crippen LogP contribution in [0.2, 0.25) is 0 Å². The molecule has 1 heterocycles. The number of hydrogen-bond donors (Lipinski definition) is 1. The zero-order chi connectivity index (χ0) is 11.7. The van der Waals surface area contributed by atoms with E-state index in [1.807, 2.05) is 12.2 Å². The Labute approximate surface area is 107 Å². The number of carbonyl (C=O) groups excluding carboxylic acids is 1. The Morgan fingerprint density at radius 2 is 2.38 bits per heavy atom. The van der Waals surface area contributed by atoms with Crippen molar-refractivity contribution in [2.45, 2.75) is 12.5 Å². The lowest BCUT2D eigenvalue weighted by Gasteiger charge is -2.20. The van der Waals surface area contributed by atoms with Crippen molar-refractivity contribution in [1.82, 2.24) is 4.90 Å². The van der Waals surface area contributed by atoms with E-state index < -0.39 is 0 Å². The van der Waals surface area contributed by atoms with Crippen molar-refractivity contribution in [1.29, 1.82) is 0 Å².